The Balaban J connectivity index is 1.85. The van der Waals surface area contributed by atoms with Gasteiger partial charge in [-0.25, -0.2) is 4.79 Å². The van der Waals surface area contributed by atoms with Crippen molar-refractivity contribution in [1.29, 1.82) is 0 Å². The van der Waals surface area contributed by atoms with Crippen molar-refractivity contribution in [3.05, 3.63) is 62.8 Å². The third-order valence-electron chi connectivity index (χ3n) is 5.09. The Labute approximate surface area is 164 Å². The van der Waals surface area contributed by atoms with Crippen LogP contribution < -0.4 is 16.1 Å². The van der Waals surface area contributed by atoms with E-state index < -0.39 is 0 Å². The first-order valence-corrected chi connectivity index (χ1v) is 9.78. The van der Waals surface area contributed by atoms with Gasteiger partial charge in [0.15, 0.2) is 0 Å². The largest absolute Gasteiger partial charge is 0.354 e. The van der Waals surface area contributed by atoms with Crippen LogP contribution in [0.3, 0.4) is 0 Å². The summed E-state index contributed by atoms with van der Waals surface area (Å²) in [4.78, 5) is 42.0. The lowest BCUT2D eigenvalue weighted by atomic mass is 10.2. The van der Waals surface area contributed by atoms with Crippen molar-refractivity contribution >= 4 is 11.7 Å². The summed E-state index contributed by atoms with van der Waals surface area (Å²) in [5.41, 5.74) is 0.111. The summed E-state index contributed by atoms with van der Waals surface area (Å²) in [6.07, 6.45) is 0. The molecule has 2 aromatic rings. The van der Waals surface area contributed by atoms with Crippen LogP contribution in [0.1, 0.15) is 50.1 Å². The number of benzene rings is 1. The van der Waals surface area contributed by atoms with E-state index in [9.17, 15) is 14.4 Å². The Morgan fingerprint density at radius 2 is 1.43 bits per heavy atom. The zero-order chi connectivity index (χ0) is 20.4. The van der Waals surface area contributed by atoms with E-state index in [2.05, 4.69) is 0 Å². The zero-order valence-corrected chi connectivity index (χ0v) is 17.0. The molecular formula is C21H28N4O3. The Bertz CT molecular complexity index is 952. The number of carbonyl (C=O) groups excluding carboxylic acids is 1. The summed E-state index contributed by atoms with van der Waals surface area (Å²) in [6, 6.07) is 10.5. The molecule has 0 radical (unpaired) electrons. The first-order chi connectivity index (χ1) is 13.3. The van der Waals surface area contributed by atoms with E-state index in [1.807, 2.05) is 67.8 Å². The summed E-state index contributed by atoms with van der Waals surface area (Å²) in [5, 5.41) is 0. The van der Waals surface area contributed by atoms with Crippen molar-refractivity contribution in [3.8, 4) is 0 Å². The number of aromatic nitrogens is 2. The molecule has 1 saturated heterocycles. The van der Waals surface area contributed by atoms with Gasteiger partial charge in [0.05, 0.1) is 0 Å². The average Bonchev–Trinajstić information content (AvgIpc) is 2.67. The number of hydrogen-bond donors (Lipinski definition) is 0. The maximum atomic E-state index is 12.9. The fourth-order valence-electron chi connectivity index (χ4n) is 3.66. The fourth-order valence-corrected chi connectivity index (χ4v) is 3.66. The molecule has 0 aliphatic carbocycles. The summed E-state index contributed by atoms with van der Waals surface area (Å²) in [6.45, 7) is 9.80. The number of piperazine rings is 1. The molecule has 0 spiro atoms. The summed E-state index contributed by atoms with van der Waals surface area (Å²) in [7, 11) is 0. The lowest BCUT2D eigenvalue weighted by molar-refractivity contribution is 0.0746. The second-order valence-corrected chi connectivity index (χ2v) is 7.70. The highest BCUT2D eigenvalue weighted by molar-refractivity contribution is 5.94. The topological polar surface area (TPSA) is 67.5 Å². The third-order valence-corrected chi connectivity index (χ3v) is 5.09. The molecule has 1 aromatic carbocycles. The number of carbonyl (C=O) groups is 1. The minimum absolute atomic E-state index is 0.0109. The molecule has 0 N–H and O–H groups in total. The fraction of sp³-hybridized carbons (Fsp3) is 0.476. The first kappa shape index (κ1) is 19.9. The van der Waals surface area contributed by atoms with Crippen molar-refractivity contribution in [2.24, 2.45) is 0 Å². The summed E-state index contributed by atoms with van der Waals surface area (Å²) >= 11 is 0. The predicted octanol–water partition coefficient (Wildman–Crippen LogP) is 2.13. The number of hydrogen-bond acceptors (Lipinski definition) is 4. The molecule has 0 unspecified atom stereocenters. The molecular weight excluding hydrogens is 356 g/mol. The lowest BCUT2D eigenvalue weighted by Crippen LogP contribution is -2.51. The van der Waals surface area contributed by atoms with Gasteiger partial charge in [0.2, 0.25) is 0 Å². The van der Waals surface area contributed by atoms with Crippen LogP contribution in [-0.4, -0.2) is 46.1 Å². The Morgan fingerprint density at radius 1 is 0.857 bits per heavy atom. The molecule has 3 rings (SSSR count). The molecule has 1 aromatic heterocycles. The number of amides is 1. The minimum Gasteiger partial charge on any atom is -0.354 e. The average molecular weight is 384 g/mol. The monoisotopic (exact) mass is 384 g/mol. The van der Waals surface area contributed by atoms with Gasteiger partial charge in [-0.1, -0.05) is 18.2 Å². The van der Waals surface area contributed by atoms with Gasteiger partial charge < -0.3 is 9.80 Å². The quantitative estimate of drug-likeness (QED) is 0.810. The van der Waals surface area contributed by atoms with Gasteiger partial charge in [0.25, 0.3) is 11.5 Å². The van der Waals surface area contributed by atoms with Crippen LogP contribution in [0.25, 0.3) is 0 Å². The molecule has 0 saturated carbocycles. The molecule has 150 valence electrons. The Morgan fingerprint density at radius 3 is 1.96 bits per heavy atom. The van der Waals surface area contributed by atoms with Crippen LogP contribution in [0.15, 0.2) is 46.0 Å². The highest BCUT2D eigenvalue weighted by atomic mass is 16.2. The smallest absolute Gasteiger partial charge is 0.333 e. The van der Waals surface area contributed by atoms with Gasteiger partial charge in [-0.3, -0.25) is 18.7 Å². The van der Waals surface area contributed by atoms with E-state index in [4.69, 9.17) is 0 Å². The summed E-state index contributed by atoms with van der Waals surface area (Å²) < 4.78 is 2.97. The normalized spacial score (nSPS) is 14.8. The maximum absolute atomic E-state index is 12.9. The van der Waals surface area contributed by atoms with Crippen LogP contribution in [0.5, 0.6) is 0 Å². The third kappa shape index (κ3) is 3.74. The molecule has 7 heteroatoms. The highest BCUT2D eigenvalue weighted by Gasteiger charge is 2.26. The van der Waals surface area contributed by atoms with Gasteiger partial charge in [-0.2, -0.15) is 0 Å². The van der Waals surface area contributed by atoms with Crippen molar-refractivity contribution in [3.63, 3.8) is 0 Å². The standard InChI is InChI=1S/C21H28N4O3/c1-15(2)24-18(14-19(26)25(16(3)4)21(24)28)22-10-12-23(13-11-22)20(27)17-8-6-5-7-9-17/h5-9,14-16H,10-13H2,1-4H3. The van der Waals surface area contributed by atoms with E-state index in [-0.39, 0.29) is 29.2 Å². The van der Waals surface area contributed by atoms with Gasteiger partial charge in [0.1, 0.15) is 5.82 Å². The molecule has 0 atom stereocenters. The maximum Gasteiger partial charge on any atom is 0.333 e. The van der Waals surface area contributed by atoms with E-state index in [0.717, 1.165) is 0 Å². The lowest BCUT2D eigenvalue weighted by Gasteiger charge is -2.37. The van der Waals surface area contributed by atoms with E-state index in [1.54, 1.807) is 10.6 Å². The number of anilines is 1. The van der Waals surface area contributed by atoms with Crippen molar-refractivity contribution in [2.75, 3.05) is 31.1 Å². The second-order valence-electron chi connectivity index (χ2n) is 7.70. The van der Waals surface area contributed by atoms with Gasteiger partial charge in [0, 0.05) is 49.9 Å². The molecule has 1 amide bonds. The first-order valence-electron chi connectivity index (χ1n) is 9.78. The molecule has 0 bridgehead atoms. The molecule has 7 nitrogen and oxygen atoms in total. The van der Waals surface area contributed by atoms with Crippen molar-refractivity contribution < 1.29 is 4.79 Å². The molecule has 1 aliphatic rings. The van der Waals surface area contributed by atoms with Crippen LogP contribution in [0, 0.1) is 0 Å². The molecule has 2 heterocycles. The van der Waals surface area contributed by atoms with Crippen molar-refractivity contribution in [1.82, 2.24) is 14.0 Å². The summed E-state index contributed by atoms with van der Waals surface area (Å²) in [5.74, 6) is 0.644. The molecule has 1 fully saturated rings. The van der Waals surface area contributed by atoms with E-state index in [0.29, 0.717) is 37.6 Å². The van der Waals surface area contributed by atoms with Gasteiger partial charge >= 0.3 is 5.69 Å². The van der Waals surface area contributed by atoms with Gasteiger partial charge in [-0.05, 0) is 39.8 Å². The molecule has 1 aliphatic heterocycles. The Hall–Kier alpha value is -2.83. The second kappa shape index (κ2) is 8.04. The van der Waals surface area contributed by atoms with Crippen LogP contribution in [0.4, 0.5) is 5.82 Å². The highest BCUT2D eigenvalue weighted by Crippen LogP contribution is 2.19. The number of rotatable bonds is 4. The molecule has 28 heavy (non-hydrogen) atoms. The van der Waals surface area contributed by atoms with Crippen LogP contribution in [0.2, 0.25) is 0 Å². The van der Waals surface area contributed by atoms with E-state index in [1.165, 1.54) is 4.57 Å². The number of nitrogens with zero attached hydrogens (tertiary/aromatic N) is 4. The predicted molar refractivity (Wildman–Crippen MR) is 110 cm³/mol. The minimum atomic E-state index is -0.283. The SMILES string of the molecule is CC(C)n1c(N2CCN(C(=O)c3ccccc3)CC2)cc(=O)n(C(C)C)c1=O. The van der Waals surface area contributed by atoms with E-state index >= 15 is 0 Å². The van der Waals surface area contributed by atoms with Crippen LogP contribution in [-0.2, 0) is 0 Å². The Kier molecular flexibility index (Phi) is 5.72. The van der Waals surface area contributed by atoms with Crippen molar-refractivity contribution in [2.45, 2.75) is 39.8 Å². The zero-order valence-electron chi connectivity index (χ0n) is 17.0. The van der Waals surface area contributed by atoms with Crippen LogP contribution >= 0.6 is 0 Å². The van der Waals surface area contributed by atoms with Gasteiger partial charge in [-0.15, -0.1) is 0 Å².